The van der Waals surface area contributed by atoms with Crippen LogP contribution >= 0.6 is 0 Å². The molecule has 0 N–H and O–H groups in total. The molecule has 3 nitrogen and oxygen atoms in total. The van der Waals surface area contributed by atoms with E-state index in [2.05, 4.69) is 167 Å². The minimum atomic E-state index is 0.130. The first-order valence-corrected chi connectivity index (χ1v) is 17.3. The normalized spacial score (nSPS) is 15.9. The highest BCUT2D eigenvalue weighted by atomic mass is 16.3. The van der Waals surface area contributed by atoms with Crippen LogP contribution in [0, 0.1) is 0 Å². The molecule has 1 unspecified atom stereocenters. The van der Waals surface area contributed by atoms with Gasteiger partial charge in [0, 0.05) is 32.8 Å². The van der Waals surface area contributed by atoms with Crippen LogP contribution < -0.4 is 4.90 Å². The van der Waals surface area contributed by atoms with Gasteiger partial charge in [-0.1, -0.05) is 115 Å². The lowest BCUT2D eigenvalue weighted by atomic mass is 9.85. The molecule has 6 aromatic carbocycles. The van der Waals surface area contributed by atoms with Crippen molar-refractivity contribution in [3.63, 3.8) is 0 Å². The highest BCUT2D eigenvalue weighted by molar-refractivity contribution is 6.10. The van der Waals surface area contributed by atoms with Gasteiger partial charge in [-0.05, 0) is 84.5 Å². The van der Waals surface area contributed by atoms with E-state index in [1.54, 1.807) is 0 Å². The van der Waals surface area contributed by atoms with Crippen LogP contribution in [0.5, 0.6) is 0 Å². The number of aromatic nitrogens is 1. The smallest absolute Gasteiger partial charge is 0.135 e. The van der Waals surface area contributed by atoms with Crippen LogP contribution in [0.25, 0.3) is 60.6 Å². The van der Waals surface area contributed by atoms with E-state index >= 15 is 0 Å². The lowest BCUT2D eigenvalue weighted by Crippen LogP contribution is -2.35. The Labute approximate surface area is 285 Å². The van der Waals surface area contributed by atoms with Gasteiger partial charge in [-0.2, -0.15) is 0 Å². The van der Waals surface area contributed by atoms with Crippen molar-refractivity contribution in [1.29, 1.82) is 0 Å². The molecule has 0 spiro atoms. The first-order valence-electron chi connectivity index (χ1n) is 17.3. The van der Waals surface area contributed by atoms with Crippen molar-refractivity contribution >= 4 is 55.1 Å². The Morgan fingerprint density at radius 3 is 2.08 bits per heavy atom. The highest BCUT2D eigenvalue weighted by Crippen LogP contribution is 2.46. The summed E-state index contributed by atoms with van der Waals surface area (Å²) in [5.41, 5.74) is 13.0. The zero-order chi connectivity index (χ0) is 32.3. The molecular weight excluding hydrogens is 597 g/mol. The van der Waals surface area contributed by atoms with Crippen LogP contribution in [0.3, 0.4) is 0 Å². The van der Waals surface area contributed by atoms with Gasteiger partial charge in [-0.3, -0.25) is 0 Å². The van der Waals surface area contributed by atoms with Crippen LogP contribution in [0.2, 0.25) is 0 Å². The van der Waals surface area contributed by atoms with E-state index < -0.39 is 0 Å². The largest absolute Gasteiger partial charge is 0.456 e. The first-order chi connectivity index (χ1) is 24.3. The van der Waals surface area contributed by atoms with Gasteiger partial charge in [-0.15, -0.1) is 0 Å². The number of furan rings is 1. The first kappa shape index (κ1) is 28.0. The summed E-state index contributed by atoms with van der Waals surface area (Å²) in [4.78, 5) is 2.63. The topological polar surface area (TPSA) is 21.3 Å². The Morgan fingerprint density at radius 2 is 1.24 bits per heavy atom. The van der Waals surface area contributed by atoms with Crippen molar-refractivity contribution in [3.05, 3.63) is 175 Å². The van der Waals surface area contributed by atoms with Crippen LogP contribution in [0.1, 0.15) is 19.3 Å². The van der Waals surface area contributed by atoms with Crippen molar-refractivity contribution in [2.75, 3.05) is 4.90 Å². The van der Waals surface area contributed by atoms with Crippen LogP contribution in [0.4, 0.5) is 11.4 Å². The van der Waals surface area contributed by atoms with Gasteiger partial charge in [0.05, 0.1) is 28.5 Å². The summed E-state index contributed by atoms with van der Waals surface area (Å²) < 4.78 is 8.70. The number of allylic oxidation sites excluding steroid dienone is 3. The van der Waals surface area contributed by atoms with Gasteiger partial charge in [0.2, 0.25) is 0 Å². The second-order valence-electron chi connectivity index (χ2n) is 13.1. The maximum absolute atomic E-state index is 6.24. The predicted molar refractivity (Wildman–Crippen MR) is 205 cm³/mol. The number of nitrogens with zero attached hydrogens (tertiary/aromatic N) is 2. The monoisotopic (exact) mass is 630 g/mol. The third-order valence-electron chi connectivity index (χ3n) is 10.4. The van der Waals surface area contributed by atoms with Crippen molar-refractivity contribution in [2.45, 2.75) is 25.3 Å². The lowest BCUT2D eigenvalue weighted by Gasteiger charge is -2.39. The number of hydrogen-bond donors (Lipinski definition) is 0. The average molecular weight is 631 g/mol. The number of benzene rings is 6. The van der Waals surface area contributed by atoms with Gasteiger partial charge in [0.15, 0.2) is 0 Å². The molecular formula is C46H34N2O. The molecule has 0 amide bonds. The second kappa shape index (κ2) is 11.3. The Kier molecular flexibility index (Phi) is 6.45. The van der Waals surface area contributed by atoms with Crippen molar-refractivity contribution in [1.82, 2.24) is 4.57 Å². The molecule has 10 rings (SSSR count). The number of fused-ring (bicyclic) bond motifs is 6. The summed E-state index contributed by atoms with van der Waals surface area (Å²) >= 11 is 0. The summed E-state index contributed by atoms with van der Waals surface area (Å²) in [6.45, 7) is 0. The van der Waals surface area contributed by atoms with Gasteiger partial charge in [0.1, 0.15) is 11.2 Å². The van der Waals surface area contributed by atoms with Gasteiger partial charge >= 0.3 is 0 Å². The average Bonchev–Trinajstić information content (AvgIpc) is 3.71. The van der Waals surface area contributed by atoms with Crippen molar-refractivity contribution < 1.29 is 4.42 Å². The maximum atomic E-state index is 6.24. The van der Waals surface area contributed by atoms with E-state index in [1.807, 2.05) is 6.07 Å². The Bertz CT molecular complexity index is 2610. The molecule has 0 fully saturated rings. The Morgan fingerprint density at radius 1 is 0.571 bits per heavy atom. The van der Waals surface area contributed by atoms with E-state index in [4.69, 9.17) is 4.42 Å². The summed E-state index contributed by atoms with van der Waals surface area (Å²) in [6.07, 6.45) is 12.6. The zero-order valence-corrected chi connectivity index (χ0v) is 27.1. The van der Waals surface area contributed by atoms with E-state index in [0.29, 0.717) is 0 Å². The van der Waals surface area contributed by atoms with E-state index in [9.17, 15) is 0 Å². The third kappa shape index (κ3) is 4.43. The number of para-hydroxylation sites is 6. The SMILES string of the molecule is C1=CC2=C(C=CCC2N(c2ccccc2-c2ccc3oc4ccccc4c3c2)c2ccccc2-n2c3ccccc3c3ccccc32)CC1. The van der Waals surface area contributed by atoms with Crippen LogP contribution in [-0.2, 0) is 0 Å². The number of rotatable bonds is 5. The van der Waals surface area contributed by atoms with Crippen molar-refractivity contribution in [2.24, 2.45) is 0 Å². The highest BCUT2D eigenvalue weighted by Gasteiger charge is 2.31. The van der Waals surface area contributed by atoms with Gasteiger partial charge < -0.3 is 13.9 Å². The standard InChI is InChI=1S/C46H34N2O/c1-2-16-33-31(14-1)15-13-26-40(33)47(39-21-7-3-17-34(39)32-28-29-46-38(30-32)37-20-6-12-27-45(37)49-46)43-24-10-11-25-44(43)48-41-22-8-4-18-35(41)36-19-5-9-23-42(36)48/h2-13,15-25,27-30,40H,1,14,26H2. The summed E-state index contributed by atoms with van der Waals surface area (Å²) in [5, 5.41) is 4.81. The van der Waals surface area contributed by atoms with E-state index in [-0.39, 0.29) is 6.04 Å². The van der Waals surface area contributed by atoms with Gasteiger partial charge in [0.25, 0.3) is 0 Å². The molecule has 8 aromatic rings. The lowest BCUT2D eigenvalue weighted by molar-refractivity contribution is 0.669. The number of hydrogen-bond acceptors (Lipinski definition) is 2. The van der Waals surface area contributed by atoms with Crippen LogP contribution in [0.15, 0.2) is 179 Å². The van der Waals surface area contributed by atoms with E-state index in [0.717, 1.165) is 41.2 Å². The molecule has 234 valence electrons. The number of anilines is 2. The molecule has 49 heavy (non-hydrogen) atoms. The Balaban J connectivity index is 1.25. The summed E-state index contributed by atoms with van der Waals surface area (Å²) in [6, 6.07) is 50.6. The molecule has 2 aliphatic carbocycles. The molecule has 0 bridgehead atoms. The van der Waals surface area contributed by atoms with Crippen molar-refractivity contribution in [3.8, 4) is 16.8 Å². The second-order valence-corrected chi connectivity index (χ2v) is 13.1. The molecule has 2 aliphatic rings. The van der Waals surface area contributed by atoms with Gasteiger partial charge in [-0.25, -0.2) is 0 Å². The summed E-state index contributed by atoms with van der Waals surface area (Å²) in [5.74, 6) is 0. The Hall–Kier alpha value is -6.06. The fraction of sp³-hybridized carbons (Fsp3) is 0.0870. The quantitative estimate of drug-likeness (QED) is 0.189. The van der Waals surface area contributed by atoms with E-state index in [1.165, 1.54) is 61.1 Å². The molecule has 2 heterocycles. The molecule has 0 radical (unpaired) electrons. The van der Waals surface area contributed by atoms with Crippen LogP contribution in [-0.4, -0.2) is 10.6 Å². The zero-order valence-electron chi connectivity index (χ0n) is 27.1. The molecule has 0 saturated carbocycles. The molecule has 0 saturated heterocycles. The maximum Gasteiger partial charge on any atom is 0.135 e. The summed E-state index contributed by atoms with van der Waals surface area (Å²) in [7, 11) is 0. The molecule has 3 heteroatoms. The fourth-order valence-electron chi connectivity index (χ4n) is 8.24. The fourth-order valence-corrected chi connectivity index (χ4v) is 8.24. The third-order valence-corrected chi connectivity index (χ3v) is 10.4. The molecule has 2 aromatic heterocycles. The molecule has 0 aliphatic heterocycles. The molecule has 1 atom stereocenters. The minimum absolute atomic E-state index is 0.130. The minimum Gasteiger partial charge on any atom is -0.456 e. The predicted octanol–water partition coefficient (Wildman–Crippen LogP) is 12.5.